The summed E-state index contributed by atoms with van der Waals surface area (Å²) in [5, 5.41) is 12.1. The molecule has 94 valence electrons. The van der Waals surface area contributed by atoms with Crippen LogP contribution in [0.1, 0.15) is 5.69 Å². The summed E-state index contributed by atoms with van der Waals surface area (Å²) < 4.78 is 0. The summed E-state index contributed by atoms with van der Waals surface area (Å²) in [6.45, 7) is 6.93. The topological polar surface area (TPSA) is 55.2 Å². The molecule has 0 amide bonds. The van der Waals surface area contributed by atoms with Crippen LogP contribution in [0.25, 0.3) is 0 Å². The quantitative estimate of drug-likeness (QED) is 0.831. The minimum Gasteiger partial charge on any atom is -0.382 e. The van der Waals surface area contributed by atoms with Crippen molar-refractivity contribution in [1.82, 2.24) is 14.8 Å². The van der Waals surface area contributed by atoms with Gasteiger partial charge in [0.05, 0.1) is 11.9 Å². The summed E-state index contributed by atoms with van der Waals surface area (Å²) >= 11 is 0. The van der Waals surface area contributed by atoms with Gasteiger partial charge >= 0.3 is 0 Å². The van der Waals surface area contributed by atoms with Crippen molar-refractivity contribution in [1.29, 1.82) is 5.26 Å². The van der Waals surface area contributed by atoms with E-state index in [9.17, 15) is 0 Å². The molecule has 0 radical (unpaired) electrons. The van der Waals surface area contributed by atoms with Crippen LogP contribution in [0, 0.1) is 11.3 Å². The fraction of sp³-hybridized carbons (Fsp3) is 0.538. The van der Waals surface area contributed by atoms with Gasteiger partial charge in [0.1, 0.15) is 11.8 Å². The lowest BCUT2D eigenvalue weighted by Gasteiger charge is -2.47. The Morgan fingerprint density at radius 3 is 2.72 bits per heavy atom. The van der Waals surface area contributed by atoms with Gasteiger partial charge < -0.3 is 5.32 Å². The fourth-order valence-corrected chi connectivity index (χ4v) is 2.72. The van der Waals surface area contributed by atoms with Gasteiger partial charge in [-0.25, -0.2) is 4.98 Å². The van der Waals surface area contributed by atoms with Crippen LogP contribution < -0.4 is 5.32 Å². The van der Waals surface area contributed by atoms with Crippen LogP contribution in [-0.4, -0.2) is 60.1 Å². The number of fused-ring (bicyclic) bond motifs is 3. The van der Waals surface area contributed by atoms with Crippen LogP contribution in [0.5, 0.6) is 0 Å². The second-order valence-corrected chi connectivity index (χ2v) is 4.92. The number of anilines is 1. The van der Waals surface area contributed by atoms with E-state index in [4.69, 9.17) is 5.26 Å². The first-order valence-electron chi connectivity index (χ1n) is 6.41. The maximum absolute atomic E-state index is 8.69. The molecule has 5 nitrogen and oxygen atoms in total. The molecule has 3 fully saturated rings. The van der Waals surface area contributed by atoms with E-state index in [1.54, 1.807) is 12.3 Å². The standard InChI is InChI=1S/C13H17N5/c14-7-11-1-2-12(8-15-11)16-9-13-10-17-3-5-18(13)6-4-17/h1-2,8,13,16H,3-6,9-10H2. The first-order valence-corrected chi connectivity index (χ1v) is 6.41. The molecule has 3 aliphatic rings. The first kappa shape index (κ1) is 11.5. The zero-order valence-electron chi connectivity index (χ0n) is 10.3. The van der Waals surface area contributed by atoms with Crippen LogP contribution in [0.4, 0.5) is 5.69 Å². The molecule has 18 heavy (non-hydrogen) atoms. The highest BCUT2D eigenvalue weighted by Gasteiger charge is 2.31. The second-order valence-electron chi connectivity index (χ2n) is 4.92. The lowest BCUT2D eigenvalue weighted by Crippen LogP contribution is -2.62. The predicted octanol–water partition coefficient (Wildman–Crippen LogP) is 0.365. The van der Waals surface area contributed by atoms with Crippen molar-refractivity contribution in [2.24, 2.45) is 0 Å². The van der Waals surface area contributed by atoms with Crippen LogP contribution in [0.3, 0.4) is 0 Å². The average Bonchev–Trinajstić information content (AvgIpc) is 2.47. The van der Waals surface area contributed by atoms with E-state index in [1.807, 2.05) is 12.1 Å². The van der Waals surface area contributed by atoms with E-state index in [0.29, 0.717) is 11.7 Å². The van der Waals surface area contributed by atoms with Gasteiger partial charge in [0, 0.05) is 45.3 Å². The van der Waals surface area contributed by atoms with Crippen LogP contribution in [0.15, 0.2) is 18.3 Å². The largest absolute Gasteiger partial charge is 0.382 e. The number of aromatic nitrogens is 1. The number of hydrogen-bond donors (Lipinski definition) is 1. The predicted molar refractivity (Wildman–Crippen MR) is 69.2 cm³/mol. The number of nitrogens with one attached hydrogen (secondary N) is 1. The van der Waals surface area contributed by atoms with Gasteiger partial charge in [0.2, 0.25) is 0 Å². The Bertz CT molecular complexity index is 441. The number of hydrogen-bond acceptors (Lipinski definition) is 5. The molecule has 3 saturated heterocycles. The van der Waals surface area contributed by atoms with Crippen LogP contribution in [0.2, 0.25) is 0 Å². The van der Waals surface area contributed by atoms with Crippen molar-refractivity contribution >= 4 is 5.69 Å². The minimum absolute atomic E-state index is 0.465. The van der Waals surface area contributed by atoms with E-state index in [2.05, 4.69) is 20.1 Å². The number of pyridine rings is 1. The molecule has 1 aromatic rings. The number of rotatable bonds is 3. The van der Waals surface area contributed by atoms with E-state index < -0.39 is 0 Å². The molecule has 4 heterocycles. The van der Waals surface area contributed by atoms with Gasteiger partial charge in [-0.1, -0.05) is 0 Å². The monoisotopic (exact) mass is 243 g/mol. The first-order chi connectivity index (χ1) is 8.85. The Morgan fingerprint density at radius 2 is 2.17 bits per heavy atom. The number of nitrogens with zero attached hydrogens (tertiary/aromatic N) is 4. The highest BCUT2D eigenvalue weighted by Crippen LogP contribution is 2.16. The molecule has 3 aliphatic heterocycles. The zero-order valence-corrected chi connectivity index (χ0v) is 10.3. The van der Waals surface area contributed by atoms with Gasteiger partial charge in [-0.05, 0) is 12.1 Å². The molecule has 1 N–H and O–H groups in total. The van der Waals surface area contributed by atoms with Gasteiger partial charge in [-0.2, -0.15) is 5.26 Å². The summed E-state index contributed by atoms with van der Waals surface area (Å²) in [6.07, 6.45) is 1.73. The zero-order chi connectivity index (χ0) is 12.4. The molecule has 4 rings (SSSR count). The highest BCUT2D eigenvalue weighted by molar-refractivity contribution is 5.42. The molecule has 0 saturated carbocycles. The van der Waals surface area contributed by atoms with Crippen molar-refractivity contribution < 1.29 is 0 Å². The molecule has 0 spiro atoms. The molecular weight excluding hydrogens is 226 g/mol. The van der Waals surface area contributed by atoms with E-state index in [0.717, 1.165) is 18.8 Å². The summed E-state index contributed by atoms with van der Waals surface area (Å²) in [5.74, 6) is 0. The van der Waals surface area contributed by atoms with Crippen LogP contribution >= 0.6 is 0 Å². The van der Waals surface area contributed by atoms with Gasteiger partial charge in [-0.15, -0.1) is 0 Å². The van der Waals surface area contributed by atoms with Crippen molar-refractivity contribution in [3.8, 4) is 6.07 Å². The highest BCUT2D eigenvalue weighted by atomic mass is 15.3. The second kappa shape index (κ2) is 4.92. The van der Waals surface area contributed by atoms with Crippen molar-refractivity contribution in [2.75, 3.05) is 44.6 Å². The maximum atomic E-state index is 8.69. The third kappa shape index (κ3) is 2.30. The Kier molecular flexibility index (Phi) is 3.13. The molecule has 0 aliphatic carbocycles. The van der Waals surface area contributed by atoms with Crippen LogP contribution in [-0.2, 0) is 0 Å². The third-order valence-corrected chi connectivity index (χ3v) is 3.81. The Balaban J connectivity index is 1.56. The van der Waals surface area contributed by atoms with Crippen molar-refractivity contribution in [3.63, 3.8) is 0 Å². The SMILES string of the molecule is N#Cc1ccc(NCC2CN3CCN2CC3)cn1. The molecular formula is C13H17N5. The number of piperazine rings is 3. The summed E-state index contributed by atoms with van der Waals surface area (Å²) in [6, 6.07) is 6.30. The summed E-state index contributed by atoms with van der Waals surface area (Å²) in [5.41, 5.74) is 1.46. The summed E-state index contributed by atoms with van der Waals surface area (Å²) in [4.78, 5) is 9.15. The van der Waals surface area contributed by atoms with Gasteiger partial charge in [0.25, 0.3) is 0 Å². The normalized spacial score (nSPS) is 29.8. The molecule has 0 aromatic carbocycles. The van der Waals surface area contributed by atoms with E-state index in [1.165, 1.54) is 26.2 Å². The maximum Gasteiger partial charge on any atom is 0.140 e. The smallest absolute Gasteiger partial charge is 0.140 e. The lowest BCUT2D eigenvalue weighted by molar-refractivity contribution is 0.0189. The van der Waals surface area contributed by atoms with E-state index >= 15 is 0 Å². The Morgan fingerprint density at radius 1 is 1.33 bits per heavy atom. The fourth-order valence-electron chi connectivity index (χ4n) is 2.72. The molecule has 5 heteroatoms. The van der Waals surface area contributed by atoms with Gasteiger partial charge in [-0.3, -0.25) is 9.80 Å². The molecule has 1 aromatic heterocycles. The Hall–Kier alpha value is -1.64. The molecule has 2 bridgehead atoms. The molecule has 1 unspecified atom stereocenters. The minimum atomic E-state index is 0.465. The average molecular weight is 243 g/mol. The van der Waals surface area contributed by atoms with Crippen molar-refractivity contribution in [2.45, 2.75) is 6.04 Å². The third-order valence-electron chi connectivity index (χ3n) is 3.81. The molecule has 1 atom stereocenters. The lowest BCUT2D eigenvalue weighted by atomic mass is 10.1. The Labute approximate surface area is 107 Å². The van der Waals surface area contributed by atoms with Gasteiger partial charge in [0.15, 0.2) is 0 Å². The number of nitriles is 1. The van der Waals surface area contributed by atoms with E-state index in [-0.39, 0.29) is 0 Å². The van der Waals surface area contributed by atoms with Crippen molar-refractivity contribution in [3.05, 3.63) is 24.0 Å². The summed E-state index contributed by atoms with van der Waals surface area (Å²) in [7, 11) is 0.